The van der Waals surface area contributed by atoms with E-state index >= 15 is 0 Å². The van der Waals surface area contributed by atoms with E-state index in [2.05, 4.69) is 0 Å². The van der Waals surface area contributed by atoms with Gasteiger partial charge in [0.15, 0.2) is 0 Å². The lowest BCUT2D eigenvalue weighted by molar-refractivity contribution is 0.162. The van der Waals surface area contributed by atoms with Gasteiger partial charge in [-0.15, -0.1) is 0 Å². The topological polar surface area (TPSA) is 55.8 Å². The zero-order chi connectivity index (χ0) is 15.7. The number of fused-ring (bicyclic) bond motifs is 2. The molecule has 0 unspecified atom stereocenters. The van der Waals surface area contributed by atoms with E-state index < -0.39 is 10.0 Å². The van der Waals surface area contributed by atoms with Crippen molar-refractivity contribution in [2.24, 2.45) is 5.92 Å². The lowest BCUT2D eigenvalue weighted by atomic mass is 10.0. The maximum atomic E-state index is 12.4. The molecule has 122 valence electrons. The zero-order valence-electron chi connectivity index (χ0n) is 13.1. The van der Waals surface area contributed by atoms with Crippen molar-refractivity contribution in [3.8, 4) is 11.5 Å². The minimum absolute atomic E-state index is 0.0325. The number of benzene rings is 1. The zero-order valence-corrected chi connectivity index (χ0v) is 13.9. The van der Waals surface area contributed by atoms with Crippen molar-refractivity contribution in [3.05, 3.63) is 24.3 Å². The van der Waals surface area contributed by atoms with Crippen molar-refractivity contribution in [1.29, 1.82) is 0 Å². The molecule has 2 aliphatic rings. The lowest BCUT2D eigenvalue weighted by Gasteiger charge is -2.33. The molecule has 3 atom stereocenters. The Hall–Kier alpha value is -1.27. The molecule has 1 aliphatic carbocycles. The minimum Gasteiger partial charge on any atom is -0.497 e. The van der Waals surface area contributed by atoms with E-state index in [1.165, 1.54) is 0 Å². The summed E-state index contributed by atoms with van der Waals surface area (Å²) < 4.78 is 37.5. The molecule has 2 bridgehead atoms. The van der Waals surface area contributed by atoms with E-state index in [1.54, 1.807) is 18.3 Å². The molecule has 5 nitrogen and oxygen atoms in total. The SMILES string of the molecule is CCS(=O)(=O)N1[C@H]2CC[C@@H](C2)[C@@H]1COc1cccc(OC)c1. The van der Waals surface area contributed by atoms with Crippen LogP contribution in [-0.2, 0) is 10.0 Å². The summed E-state index contributed by atoms with van der Waals surface area (Å²) in [6, 6.07) is 7.57. The van der Waals surface area contributed by atoms with Gasteiger partial charge in [0.25, 0.3) is 0 Å². The highest BCUT2D eigenvalue weighted by Crippen LogP contribution is 2.44. The molecular formula is C16H23NO4S. The molecule has 0 amide bonds. The van der Waals surface area contributed by atoms with Gasteiger partial charge in [-0.2, -0.15) is 4.31 Å². The van der Waals surface area contributed by atoms with Crippen LogP contribution in [0.25, 0.3) is 0 Å². The molecule has 1 saturated carbocycles. The Balaban J connectivity index is 1.73. The Labute approximate surface area is 132 Å². The average Bonchev–Trinajstić information content (AvgIpc) is 3.14. The van der Waals surface area contributed by atoms with Crippen molar-refractivity contribution in [2.75, 3.05) is 19.5 Å². The van der Waals surface area contributed by atoms with E-state index in [0.717, 1.165) is 30.8 Å². The van der Waals surface area contributed by atoms with Gasteiger partial charge in [-0.1, -0.05) is 6.07 Å². The number of sulfonamides is 1. The molecule has 1 aromatic rings. The second-order valence-corrected chi connectivity index (χ2v) is 8.18. The number of methoxy groups -OCH3 is 1. The van der Waals surface area contributed by atoms with Crippen LogP contribution in [0.2, 0.25) is 0 Å². The van der Waals surface area contributed by atoms with Crippen LogP contribution < -0.4 is 9.47 Å². The minimum atomic E-state index is -3.17. The maximum Gasteiger partial charge on any atom is 0.214 e. The van der Waals surface area contributed by atoms with Crippen molar-refractivity contribution in [2.45, 2.75) is 38.3 Å². The van der Waals surface area contributed by atoms with Gasteiger partial charge in [-0.3, -0.25) is 0 Å². The van der Waals surface area contributed by atoms with Crippen LogP contribution in [0.3, 0.4) is 0 Å². The summed E-state index contributed by atoms with van der Waals surface area (Å²) in [5, 5.41) is 0. The van der Waals surface area contributed by atoms with Gasteiger partial charge in [-0.05, 0) is 44.2 Å². The first-order chi connectivity index (χ1) is 10.5. The summed E-state index contributed by atoms with van der Waals surface area (Å²) >= 11 is 0. The molecular weight excluding hydrogens is 302 g/mol. The monoisotopic (exact) mass is 325 g/mol. The van der Waals surface area contributed by atoms with Crippen molar-refractivity contribution in [1.82, 2.24) is 4.31 Å². The van der Waals surface area contributed by atoms with Crippen LogP contribution in [0.5, 0.6) is 11.5 Å². The Morgan fingerprint density at radius 3 is 2.77 bits per heavy atom. The third kappa shape index (κ3) is 2.82. The smallest absolute Gasteiger partial charge is 0.214 e. The number of hydrogen-bond donors (Lipinski definition) is 0. The van der Waals surface area contributed by atoms with Gasteiger partial charge >= 0.3 is 0 Å². The van der Waals surface area contributed by atoms with Gasteiger partial charge in [0.1, 0.15) is 18.1 Å². The fraction of sp³-hybridized carbons (Fsp3) is 0.625. The summed E-state index contributed by atoms with van der Waals surface area (Å²) in [5.74, 6) is 2.04. The van der Waals surface area contributed by atoms with Gasteiger partial charge in [0.05, 0.1) is 18.9 Å². The predicted octanol–water partition coefficient (Wildman–Crippen LogP) is 2.28. The third-order valence-corrected chi connectivity index (χ3v) is 6.77. The van der Waals surface area contributed by atoms with Crippen molar-refractivity contribution >= 4 is 10.0 Å². The Bertz CT molecular complexity index is 631. The first kappa shape index (κ1) is 15.6. The fourth-order valence-electron chi connectivity index (χ4n) is 3.72. The van der Waals surface area contributed by atoms with Gasteiger partial charge in [0.2, 0.25) is 10.0 Å². The number of rotatable bonds is 6. The summed E-state index contributed by atoms with van der Waals surface area (Å²) in [6.07, 6.45) is 3.07. The highest BCUT2D eigenvalue weighted by atomic mass is 32.2. The molecule has 2 fully saturated rings. The largest absolute Gasteiger partial charge is 0.497 e. The quantitative estimate of drug-likeness (QED) is 0.805. The van der Waals surface area contributed by atoms with E-state index in [1.807, 2.05) is 24.3 Å². The predicted molar refractivity (Wildman–Crippen MR) is 84.7 cm³/mol. The molecule has 0 aromatic heterocycles. The van der Waals surface area contributed by atoms with Crippen LogP contribution in [0.15, 0.2) is 24.3 Å². The molecule has 0 radical (unpaired) electrons. The van der Waals surface area contributed by atoms with Crippen LogP contribution in [0.1, 0.15) is 26.2 Å². The Morgan fingerprint density at radius 1 is 1.27 bits per heavy atom. The van der Waals surface area contributed by atoms with Crippen LogP contribution in [-0.4, -0.2) is 44.3 Å². The molecule has 1 saturated heterocycles. The molecule has 6 heteroatoms. The van der Waals surface area contributed by atoms with Crippen LogP contribution in [0.4, 0.5) is 0 Å². The van der Waals surface area contributed by atoms with Crippen molar-refractivity contribution < 1.29 is 17.9 Å². The summed E-state index contributed by atoms with van der Waals surface area (Å²) in [4.78, 5) is 0. The molecule has 1 aliphatic heterocycles. The summed E-state index contributed by atoms with van der Waals surface area (Å²) in [6.45, 7) is 2.12. The molecule has 22 heavy (non-hydrogen) atoms. The Morgan fingerprint density at radius 2 is 2.05 bits per heavy atom. The fourth-order valence-corrected chi connectivity index (χ4v) is 5.30. The molecule has 0 N–H and O–H groups in total. The average molecular weight is 325 g/mol. The maximum absolute atomic E-state index is 12.4. The first-order valence-electron chi connectivity index (χ1n) is 7.83. The molecule has 3 rings (SSSR count). The molecule has 1 heterocycles. The first-order valence-corrected chi connectivity index (χ1v) is 9.44. The van der Waals surface area contributed by atoms with E-state index in [9.17, 15) is 8.42 Å². The molecule has 1 aromatic carbocycles. The number of hydrogen-bond acceptors (Lipinski definition) is 4. The number of ether oxygens (including phenoxy) is 2. The standard InChI is InChI=1S/C16H23NO4S/c1-3-22(18,19)17-13-8-7-12(9-13)16(17)11-21-15-6-4-5-14(10-15)20-2/h4-6,10,12-13,16H,3,7-9,11H2,1-2H3/t12-,13-,16-/m0/s1. The highest BCUT2D eigenvalue weighted by molar-refractivity contribution is 7.89. The number of nitrogens with zero attached hydrogens (tertiary/aromatic N) is 1. The normalized spacial score (nSPS) is 28.0. The molecule has 0 spiro atoms. The van der Waals surface area contributed by atoms with E-state index in [0.29, 0.717) is 12.5 Å². The second kappa shape index (κ2) is 6.08. The highest BCUT2D eigenvalue weighted by Gasteiger charge is 2.50. The summed E-state index contributed by atoms with van der Waals surface area (Å²) in [5.41, 5.74) is 0. The van der Waals surface area contributed by atoms with Crippen molar-refractivity contribution in [3.63, 3.8) is 0 Å². The van der Waals surface area contributed by atoms with Crippen LogP contribution in [0, 0.1) is 5.92 Å². The Kier molecular flexibility index (Phi) is 4.32. The third-order valence-electron chi connectivity index (χ3n) is 4.82. The number of piperidine rings is 1. The van der Waals surface area contributed by atoms with E-state index in [-0.39, 0.29) is 17.8 Å². The summed E-state index contributed by atoms with van der Waals surface area (Å²) in [7, 11) is -1.55. The lowest BCUT2D eigenvalue weighted by Crippen LogP contribution is -2.48. The second-order valence-electron chi connectivity index (χ2n) is 6.01. The van der Waals surface area contributed by atoms with Gasteiger partial charge < -0.3 is 9.47 Å². The van der Waals surface area contributed by atoms with E-state index in [4.69, 9.17) is 9.47 Å². The van der Waals surface area contributed by atoms with Gasteiger partial charge in [0, 0.05) is 12.1 Å². The van der Waals surface area contributed by atoms with Gasteiger partial charge in [-0.25, -0.2) is 8.42 Å². The van der Waals surface area contributed by atoms with Crippen LogP contribution >= 0.6 is 0 Å².